The van der Waals surface area contributed by atoms with Crippen LogP contribution in [0.25, 0.3) is 0 Å². The molecule has 88 valence electrons. The summed E-state index contributed by atoms with van der Waals surface area (Å²) in [5.41, 5.74) is -0.691. The van der Waals surface area contributed by atoms with Gasteiger partial charge in [-0.1, -0.05) is 25.5 Å². The van der Waals surface area contributed by atoms with Gasteiger partial charge in [0.2, 0.25) is 0 Å². The van der Waals surface area contributed by atoms with Crippen LogP contribution < -0.4 is 10.7 Å². The van der Waals surface area contributed by atoms with Crippen molar-refractivity contribution in [1.29, 1.82) is 0 Å². The van der Waals surface area contributed by atoms with Gasteiger partial charge in [0.1, 0.15) is 11.5 Å². The van der Waals surface area contributed by atoms with Crippen LogP contribution in [0.3, 0.4) is 0 Å². The van der Waals surface area contributed by atoms with Gasteiger partial charge in [-0.2, -0.15) is 0 Å². The molecule has 4 nitrogen and oxygen atoms in total. The zero-order valence-electron chi connectivity index (χ0n) is 9.32. The second-order valence-electron chi connectivity index (χ2n) is 3.75. The Morgan fingerprint density at radius 2 is 2.12 bits per heavy atom. The predicted molar refractivity (Wildman–Crippen MR) is 57.3 cm³/mol. The minimum Gasteiger partial charge on any atom is -0.872 e. The summed E-state index contributed by atoms with van der Waals surface area (Å²) in [5.74, 6) is -0.242. The third-order valence-corrected chi connectivity index (χ3v) is 2.23. The van der Waals surface area contributed by atoms with Crippen LogP contribution >= 0.6 is 0 Å². The highest BCUT2D eigenvalue weighted by Crippen LogP contribution is 2.08. The molecule has 0 aliphatic rings. The maximum atomic E-state index is 11.4. The molecule has 0 aromatic carbocycles. The first-order chi connectivity index (χ1) is 7.61. The van der Waals surface area contributed by atoms with Crippen LogP contribution in [0.2, 0.25) is 0 Å². The van der Waals surface area contributed by atoms with Gasteiger partial charge in [-0.15, -0.1) is 0 Å². The fourth-order valence-electron chi connectivity index (χ4n) is 1.45. The van der Waals surface area contributed by atoms with Crippen molar-refractivity contribution < 1.29 is 14.3 Å². The number of hydrogen-bond acceptors (Lipinski definition) is 4. The second-order valence-corrected chi connectivity index (χ2v) is 3.75. The van der Waals surface area contributed by atoms with Crippen molar-refractivity contribution >= 4 is 5.78 Å². The molecule has 0 spiro atoms. The van der Waals surface area contributed by atoms with Crippen LogP contribution in [-0.2, 0) is 11.2 Å². The first-order valence-corrected chi connectivity index (χ1v) is 5.44. The van der Waals surface area contributed by atoms with Crippen molar-refractivity contribution in [2.75, 3.05) is 0 Å². The van der Waals surface area contributed by atoms with Gasteiger partial charge >= 0.3 is 5.63 Å². The summed E-state index contributed by atoms with van der Waals surface area (Å²) in [6.07, 6.45) is 3.42. The quantitative estimate of drug-likeness (QED) is 0.683. The lowest BCUT2D eigenvalue weighted by molar-refractivity contribution is -0.268. The van der Waals surface area contributed by atoms with Crippen LogP contribution in [0.5, 0.6) is 5.75 Å². The standard InChI is InChI=1S/C12H16O4/c1-2-3-4-5-9(13)6-11-7-10(14)8-12(15)16-11/h7-8,14H,2-6H2,1H3/p-1. The van der Waals surface area contributed by atoms with E-state index in [1.54, 1.807) is 0 Å². The SMILES string of the molecule is CCCCCC(=O)Cc1cc([O-])cc(=O)o1. The molecular formula is C12H15O4-. The number of carbonyl (C=O) groups is 1. The highest BCUT2D eigenvalue weighted by atomic mass is 16.4. The van der Waals surface area contributed by atoms with Crippen molar-refractivity contribution in [2.24, 2.45) is 0 Å². The Kier molecular flexibility index (Phi) is 4.76. The number of ketones is 1. The van der Waals surface area contributed by atoms with E-state index in [4.69, 9.17) is 4.42 Å². The summed E-state index contributed by atoms with van der Waals surface area (Å²) in [6.45, 7) is 2.06. The monoisotopic (exact) mass is 223 g/mol. The lowest BCUT2D eigenvalue weighted by atomic mass is 10.1. The smallest absolute Gasteiger partial charge is 0.335 e. The molecule has 1 heterocycles. The third-order valence-electron chi connectivity index (χ3n) is 2.23. The molecule has 0 amide bonds. The summed E-state index contributed by atoms with van der Waals surface area (Å²) in [4.78, 5) is 22.3. The summed E-state index contributed by atoms with van der Waals surface area (Å²) in [7, 11) is 0. The normalized spacial score (nSPS) is 10.3. The van der Waals surface area contributed by atoms with Crippen LogP contribution in [0.1, 0.15) is 38.4 Å². The highest BCUT2D eigenvalue weighted by Gasteiger charge is 2.05. The molecule has 0 saturated heterocycles. The van der Waals surface area contributed by atoms with Crippen LogP contribution in [0, 0.1) is 0 Å². The van der Waals surface area contributed by atoms with E-state index in [0.717, 1.165) is 25.3 Å². The molecule has 0 bridgehead atoms. The summed E-state index contributed by atoms with van der Waals surface area (Å²) < 4.78 is 4.76. The molecule has 1 aromatic heterocycles. The first-order valence-electron chi connectivity index (χ1n) is 5.44. The third kappa shape index (κ3) is 4.29. The molecule has 0 atom stereocenters. The Morgan fingerprint density at radius 3 is 2.75 bits per heavy atom. The molecule has 4 heteroatoms. The van der Waals surface area contributed by atoms with Crippen LogP contribution in [0.15, 0.2) is 21.3 Å². The first kappa shape index (κ1) is 12.5. The van der Waals surface area contributed by atoms with Crippen molar-refractivity contribution in [2.45, 2.75) is 39.0 Å². The number of unbranched alkanes of at least 4 members (excludes halogenated alkanes) is 2. The van der Waals surface area contributed by atoms with Gasteiger partial charge in [0.15, 0.2) is 0 Å². The van der Waals surface area contributed by atoms with E-state index in [1.165, 1.54) is 6.07 Å². The van der Waals surface area contributed by atoms with E-state index >= 15 is 0 Å². The maximum absolute atomic E-state index is 11.4. The minimum absolute atomic E-state index is 0.00204. The molecule has 0 aliphatic carbocycles. The van der Waals surface area contributed by atoms with E-state index < -0.39 is 11.4 Å². The van der Waals surface area contributed by atoms with E-state index in [0.29, 0.717) is 6.42 Å². The predicted octanol–water partition coefficient (Wildman–Crippen LogP) is 1.41. The van der Waals surface area contributed by atoms with Crippen molar-refractivity contribution in [1.82, 2.24) is 0 Å². The topological polar surface area (TPSA) is 70.3 Å². The molecule has 0 N–H and O–H groups in total. The molecule has 0 saturated carbocycles. The highest BCUT2D eigenvalue weighted by molar-refractivity contribution is 5.80. The van der Waals surface area contributed by atoms with Gasteiger partial charge in [-0.3, -0.25) is 4.79 Å². The minimum atomic E-state index is -0.691. The molecule has 0 aliphatic heterocycles. The van der Waals surface area contributed by atoms with Gasteiger partial charge in [0.25, 0.3) is 0 Å². The summed E-state index contributed by atoms with van der Waals surface area (Å²) >= 11 is 0. The Labute approximate surface area is 93.9 Å². The lowest BCUT2D eigenvalue weighted by Gasteiger charge is -2.05. The molecule has 0 fully saturated rings. The second kappa shape index (κ2) is 6.10. The van der Waals surface area contributed by atoms with Gasteiger partial charge in [-0.25, -0.2) is 4.79 Å². The molecule has 16 heavy (non-hydrogen) atoms. The molecular weight excluding hydrogens is 208 g/mol. The molecule has 1 aromatic rings. The number of rotatable bonds is 6. The van der Waals surface area contributed by atoms with Crippen molar-refractivity contribution in [3.05, 3.63) is 28.3 Å². The Balaban J connectivity index is 2.52. The zero-order valence-corrected chi connectivity index (χ0v) is 9.32. The molecule has 0 radical (unpaired) electrons. The van der Waals surface area contributed by atoms with Crippen LogP contribution in [-0.4, -0.2) is 5.78 Å². The van der Waals surface area contributed by atoms with Gasteiger partial charge < -0.3 is 9.52 Å². The Hall–Kier alpha value is -1.58. The number of carbonyl (C=O) groups excluding carboxylic acids is 1. The average molecular weight is 223 g/mol. The maximum Gasteiger partial charge on any atom is 0.335 e. The van der Waals surface area contributed by atoms with E-state index in [9.17, 15) is 14.7 Å². The largest absolute Gasteiger partial charge is 0.872 e. The van der Waals surface area contributed by atoms with Crippen molar-refractivity contribution in [3.63, 3.8) is 0 Å². The average Bonchev–Trinajstić information content (AvgIpc) is 2.16. The lowest BCUT2D eigenvalue weighted by Crippen LogP contribution is -2.08. The summed E-state index contributed by atoms with van der Waals surface area (Å²) in [5, 5.41) is 11.0. The van der Waals surface area contributed by atoms with Gasteiger partial charge in [0.05, 0.1) is 6.42 Å². The number of Topliss-reactive ketones (excluding diaryl/α,β-unsaturated/α-hetero) is 1. The van der Waals surface area contributed by atoms with E-state index in [-0.39, 0.29) is 18.0 Å². The van der Waals surface area contributed by atoms with E-state index in [1.807, 2.05) is 0 Å². The molecule has 1 rings (SSSR count). The fraction of sp³-hybridized carbons (Fsp3) is 0.500. The Bertz CT molecular complexity index is 406. The zero-order chi connectivity index (χ0) is 12.0. The van der Waals surface area contributed by atoms with Crippen LogP contribution in [0.4, 0.5) is 0 Å². The Morgan fingerprint density at radius 1 is 1.38 bits per heavy atom. The van der Waals surface area contributed by atoms with E-state index in [2.05, 4.69) is 6.92 Å². The molecule has 0 unspecified atom stereocenters. The van der Waals surface area contributed by atoms with Crippen molar-refractivity contribution in [3.8, 4) is 5.75 Å². The summed E-state index contributed by atoms with van der Waals surface area (Å²) in [6, 6.07) is 2.06. The fourth-order valence-corrected chi connectivity index (χ4v) is 1.45. The van der Waals surface area contributed by atoms with Gasteiger partial charge in [0, 0.05) is 12.5 Å². The number of hydrogen-bond donors (Lipinski definition) is 0. The van der Waals surface area contributed by atoms with Gasteiger partial charge in [-0.05, 0) is 12.5 Å².